The third-order valence-corrected chi connectivity index (χ3v) is 3.45. The molecule has 0 radical (unpaired) electrons. The third kappa shape index (κ3) is 1.85. The van der Waals surface area contributed by atoms with Crippen molar-refractivity contribution in [1.29, 1.82) is 0 Å². The van der Waals surface area contributed by atoms with Gasteiger partial charge in [0.25, 0.3) is 0 Å². The Hall–Kier alpha value is -2.35. The third-order valence-electron chi connectivity index (χ3n) is 3.45. The highest BCUT2D eigenvalue weighted by molar-refractivity contribution is 6.07. The van der Waals surface area contributed by atoms with Crippen molar-refractivity contribution >= 4 is 11.3 Å². The summed E-state index contributed by atoms with van der Waals surface area (Å²) in [7, 11) is 0. The first kappa shape index (κ1) is 11.7. The number of hydrogen-bond acceptors (Lipinski definition) is 1. The van der Waals surface area contributed by atoms with Crippen LogP contribution in [-0.2, 0) is 0 Å². The maximum absolute atomic E-state index is 12.0. The van der Waals surface area contributed by atoms with Crippen LogP contribution in [0.5, 0.6) is 0 Å². The molecule has 2 aromatic heterocycles. The van der Waals surface area contributed by atoms with Gasteiger partial charge in [0.15, 0.2) is 5.78 Å². The lowest BCUT2D eigenvalue weighted by atomic mass is 10.0. The average Bonchev–Trinajstić information content (AvgIpc) is 2.81. The Labute approximate surface area is 112 Å². The summed E-state index contributed by atoms with van der Waals surface area (Å²) in [6.45, 7) is 3.68. The summed E-state index contributed by atoms with van der Waals surface area (Å²) in [6.07, 6.45) is 2.05. The predicted molar refractivity (Wildman–Crippen MR) is 77.6 cm³/mol. The number of aromatic nitrogens is 1. The van der Waals surface area contributed by atoms with Crippen LogP contribution in [0.1, 0.15) is 23.0 Å². The van der Waals surface area contributed by atoms with Crippen LogP contribution >= 0.6 is 0 Å². The Bertz CT molecular complexity index is 754. The van der Waals surface area contributed by atoms with Gasteiger partial charge >= 0.3 is 0 Å². The SMILES string of the molecule is CC(=O)c1c(-c2ccccc2)cn2c(C)cccc12. The molecule has 0 saturated heterocycles. The van der Waals surface area contributed by atoms with Crippen molar-refractivity contribution in [3.8, 4) is 11.1 Å². The zero-order valence-electron chi connectivity index (χ0n) is 11.1. The Morgan fingerprint density at radius 2 is 1.74 bits per heavy atom. The molecule has 0 amide bonds. The summed E-state index contributed by atoms with van der Waals surface area (Å²) in [4.78, 5) is 12.0. The van der Waals surface area contributed by atoms with Crippen LogP contribution < -0.4 is 0 Å². The maximum atomic E-state index is 12.0. The second kappa shape index (κ2) is 4.39. The molecule has 3 aromatic rings. The number of carbonyl (C=O) groups excluding carboxylic acids is 1. The monoisotopic (exact) mass is 249 g/mol. The van der Waals surface area contributed by atoms with Gasteiger partial charge < -0.3 is 4.40 Å². The Balaban J connectivity index is 2.39. The van der Waals surface area contributed by atoms with Gasteiger partial charge in [0.05, 0.1) is 11.1 Å². The van der Waals surface area contributed by atoms with E-state index in [-0.39, 0.29) is 5.78 Å². The minimum Gasteiger partial charge on any atom is -0.320 e. The molecule has 0 fully saturated rings. The van der Waals surface area contributed by atoms with E-state index in [1.807, 2.05) is 55.5 Å². The number of hydrogen-bond donors (Lipinski definition) is 0. The molecular formula is C17H15NO. The molecule has 0 aliphatic heterocycles. The Kier molecular flexibility index (Phi) is 2.71. The minimum absolute atomic E-state index is 0.104. The lowest BCUT2D eigenvalue weighted by molar-refractivity contribution is 0.102. The number of nitrogens with zero attached hydrogens (tertiary/aromatic N) is 1. The molecule has 2 heteroatoms. The van der Waals surface area contributed by atoms with E-state index >= 15 is 0 Å². The van der Waals surface area contributed by atoms with Gasteiger partial charge in [0.1, 0.15) is 0 Å². The number of ketones is 1. The van der Waals surface area contributed by atoms with Gasteiger partial charge in [-0.05, 0) is 31.5 Å². The van der Waals surface area contributed by atoms with Crippen molar-refractivity contribution < 1.29 is 4.79 Å². The first-order chi connectivity index (χ1) is 9.18. The molecule has 0 saturated carbocycles. The number of rotatable bonds is 2. The molecule has 0 atom stereocenters. The zero-order valence-corrected chi connectivity index (χ0v) is 11.1. The van der Waals surface area contributed by atoms with Crippen LogP contribution in [0.25, 0.3) is 16.6 Å². The number of fused-ring (bicyclic) bond motifs is 1. The van der Waals surface area contributed by atoms with Crippen molar-refractivity contribution in [2.24, 2.45) is 0 Å². The lowest BCUT2D eigenvalue weighted by Crippen LogP contribution is -1.94. The van der Waals surface area contributed by atoms with Crippen LogP contribution in [0.4, 0.5) is 0 Å². The van der Waals surface area contributed by atoms with Crippen molar-refractivity contribution in [3.05, 3.63) is 66.0 Å². The summed E-state index contributed by atoms with van der Waals surface area (Å²) in [6, 6.07) is 16.1. The normalized spacial score (nSPS) is 10.8. The number of benzene rings is 1. The van der Waals surface area contributed by atoms with Crippen molar-refractivity contribution in [2.75, 3.05) is 0 Å². The molecule has 94 valence electrons. The molecule has 2 heterocycles. The van der Waals surface area contributed by atoms with E-state index in [1.54, 1.807) is 6.92 Å². The van der Waals surface area contributed by atoms with Gasteiger partial charge in [0, 0.05) is 17.5 Å². The highest BCUT2D eigenvalue weighted by Gasteiger charge is 2.16. The van der Waals surface area contributed by atoms with Crippen molar-refractivity contribution in [3.63, 3.8) is 0 Å². The van der Waals surface area contributed by atoms with E-state index in [1.165, 1.54) is 0 Å². The molecule has 0 unspecified atom stereocenters. The number of Topliss-reactive ketones (excluding diaryl/α,β-unsaturated/α-hetero) is 1. The zero-order chi connectivity index (χ0) is 13.4. The fourth-order valence-electron chi connectivity index (χ4n) is 2.54. The average molecular weight is 249 g/mol. The van der Waals surface area contributed by atoms with Crippen molar-refractivity contribution in [2.45, 2.75) is 13.8 Å². The fourth-order valence-corrected chi connectivity index (χ4v) is 2.54. The van der Waals surface area contributed by atoms with Crippen molar-refractivity contribution in [1.82, 2.24) is 4.40 Å². The molecule has 0 spiro atoms. The largest absolute Gasteiger partial charge is 0.320 e. The van der Waals surface area contributed by atoms with Crippen LogP contribution in [0.2, 0.25) is 0 Å². The summed E-state index contributed by atoms with van der Waals surface area (Å²) < 4.78 is 2.08. The molecule has 3 rings (SSSR count). The maximum Gasteiger partial charge on any atom is 0.162 e. The first-order valence-corrected chi connectivity index (χ1v) is 6.35. The minimum atomic E-state index is 0.104. The van der Waals surface area contributed by atoms with Gasteiger partial charge in [0.2, 0.25) is 0 Å². The van der Waals surface area contributed by atoms with Crippen LogP contribution in [0.15, 0.2) is 54.7 Å². The number of aryl methyl sites for hydroxylation is 1. The van der Waals surface area contributed by atoms with Gasteiger partial charge in [-0.2, -0.15) is 0 Å². The molecule has 2 nitrogen and oxygen atoms in total. The van der Waals surface area contributed by atoms with E-state index in [0.717, 1.165) is 27.9 Å². The van der Waals surface area contributed by atoms with E-state index in [9.17, 15) is 4.79 Å². The standard InChI is InChI=1S/C17H15NO/c1-12-7-6-10-16-17(13(2)19)15(11-18(12)16)14-8-4-3-5-9-14/h3-11H,1-2H3. The summed E-state index contributed by atoms with van der Waals surface area (Å²) in [5, 5.41) is 0. The molecule has 0 bridgehead atoms. The van der Waals surface area contributed by atoms with Crippen LogP contribution in [0.3, 0.4) is 0 Å². The molecule has 19 heavy (non-hydrogen) atoms. The quantitative estimate of drug-likeness (QED) is 0.626. The van der Waals surface area contributed by atoms with E-state index in [4.69, 9.17) is 0 Å². The van der Waals surface area contributed by atoms with Gasteiger partial charge in [-0.1, -0.05) is 36.4 Å². The Morgan fingerprint density at radius 1 is 1.00 bits per heavy atom. The Morgan fingerprint density at radius 3 is 2.42 bits per heavy atom. The summed E-state index contributed by atoms with van der Waals surface area (Å²) in [5.41, 5.74) is 4.99. The van der Waals surface area contributed by atoms with Gasteiger partial charge in [-0.3, -0.25) is 4.79 Å². The van der Waals surface area contributed by atoms with Gasteiger partial charge in [-0.15, -0.1) is 0 Å². The predicted octanol–water partition coefficient (Wildman–Crippen LogP) is 4.12. The van der Waals surface area contributed by atoms with Crippen LogP contribution in [0, 0.1) is 6.92 Å². The van der Waals surface area contributed by atoms with E-state index in [0.29, 0.717) is 0 Å². The highest BCUT2D eigenvalue weighted by Crippen LogP contribution is 2.29. The smallest absolute Gasteiger partial charge is 0.162 e. The molecule has 0 aliphatic carbocycles. The fraction of sp³-hybridized carbons (Fsp3) is 0.118. The van der Waals surface area contributed by atoms with Crippen LogP contribution in [-0.4, -0.2) is 10.2 Å². The highest BCUT2D eigenvalue weighted by atomic mass is 16.1. The topological polar surface area (TPSA) is 21.5 Å². The second-order valence-electron chi connectivity index (χ2n) is 4.76. The molecular weight excluding hydrogens is 234 g/mol. The number of pyridine rings is 1. The molecule has 0 N–H and O–H groups in total. The van der Waals surface area contributed by atoms with E-state index in [2.05, 4.69) is 10.6 Å². The summed E-state index contributed by atoms with van der Waals surface area (Å²) >= 11 is 0. The van der Waals surface area contributed by atoms with Gasteiger partial charge in [-0.25, -0.2) is 0 Å². The number of carbonyl (C=O) groups is 1. The van der Waals surface area contributed by atoms with E-state index < -0.39 is 0 Å². The lowest BCUT2D eigenvalue weighted by Gasteiger charge is -2.01. The first-order valence-electron chi connectivity index (χ1n) is 6.35. The molecule has 1 aromatic carbocycles. The second-order valence-corrected chi connectivity index (χ2v) is 4.76. The summed E-state index contributed by atoms with van der Waals surface area (Å²) in [5.74, 6) is 0.104. The molecule has 0 aliphatic rings.